The SMILES string of the molecule is CN(C(=O)c1ccccc1)[C@@H]1CN(C(=O)N2CCN(S(C)(=O)=O)CC2)C[C@H]1c1ccc(Cl)c(Cl)c1. The van der Waals surface area contributed by atoms with Gasteiger partial charge < -0.3 is 14.7 Å². The fourth-order valence-electron chi connectivity index (χ4n) is 4.75. The predicted molar refractivity (Wildman–Crippen MR) is 136 cm³/mol. The molecule has 2 aromatic rings. The number of nitrogens with zero attached hydrogens (tertiary/aromatic N) is 4. The zero-order chi connectivity index (χ0) is 25.3. The van der Waals surface area contributed by atoms with Crippen LogP contribution in [0, 0.1) is 0 Å². The molecule has 0 aromatic heterocycles. The van der Waals surface area contributed by atoms with Gasteiger partial charge in [0.2, 0.25) is 10.0 Å². The number of likely N-dealkylation sites (N-methyl/N-ethyl adjacent to an activating group) is 1. The molecule has 35 heavy (non-hydrogen) atoms. The molecule has 0 aliphatic carbocycles. The zero-order valence-electron chi connectivity index (χ0n) is 19.6. The van der Waals surface area contributed by atoms with Crippen LogP contribution in [0.25, 0.3) is 0 Å². The van der Waals surface area contributed by atoms with Crippen LogP contribution >= 0.6 is 23.2 Å². The summed E-state index contributed by atoms with van der Waals surface area (Å²) in [5.74, 6) is -0.291. The summed E-state index contributed by atoms with van der Waals surface area (Å²) < 4.78 is 25.0. The third-order valence-electron chi connectivity index (χ3n) is 6.75. The minimum absolute atomic E-state index is 0.128. The van der Waals surface area contributed by atoms with Gasteiger partial charge >= 0.3 is 6.03 Å². The lowest BCUT2D eigenvalue weighted by atomic mass is 9.93. The van der Waals surface area contributed by atoms with Gasteiger partial charge in [0, 0.05) is 57.8 Å². The molecule has 188 valence electrons. The Bertz CT molecular complexity index is 1200. The number of hydrogen-bond donors (Lipinski definition) is 0. The molecule has 0 bridgehead atoms. The second-order valence-electron chi connectivity index (χ2n) is 8.97. The van der Waals surface area contributed by atoms with E-state index in [0.717, 1.165) is 5.56 Å². The van der Waals surface area contributed by atoms with Gasteiger partial charge in [0.15, 0.2) is 0 Å². The summed E-state index contributed by atoms with van der Waals surface area (Å²) in [4.78, 5) is 31.7. The van der Waals surface area contributed by atoms with Gasteiger partial charge in [-0.1, -0.05) is 47.5 Å². The van der Waals surface area contributed by atoms with Crippen molar-refractivity contribution in [3.05, 3.63) is 69.7 Å². The average Bonchev–Trinajstić information content (AvgIpc) is 3.30. The van der Waals surface area contributed by atoms with Gasteiger partial charge in [-0.3, -0.25) is 4.79 Å². The van der Waals surface area contributed by atoms with Gasteiger partial charge in [-0.15, -0.1) is 0 Å². The maximum atomic E-state index is 13.4. The molecule has 3 amide bonds. The summed E-state index contributed by atoms with van der Waals surface area (Å²) in [7, 11) is -1.53. The number of halogens is 2. The van der Waals surface area contributed by atoms with Gasteiger partial charge in [0.1, 0.15) is 0 Å². The van der Waals surface area contributed by atoms with Crippen molar-refractivity contribution >= 4 is 45.2 Å². The Hall–Kier alpha value is -2.33. The Morgan fingerprint density at radius 2 is 1.57 bits per heavy atom. The average molecular weight is 539 g/mol. The van der Waals surface area contributed by atoms with Crippen LogP contribution in [0.4, 0.5) is 4.79 Å². The Balaban J connectivity index is 1.56. The number of rotatable bonds is 4. The van der Waals surface area contributed by atoms with Crippen LogP contribution in [0.2, 0.25) is 10.0 Å². The smallest absolute Gasteiger partial charge is 0.320 e. The lowest BCUT2D eigenvalue weighted by Gasteiger charge is -2.35. The third kappa shape index (κ3) is 5.58. The van der Waals surface area contributed by atoms with E-state index in [1.165, 1.54) is 10.6 Å². The van der Waals surface area contributed by atoms with Crippen molar-refractivity contribution in [2.45, 2.75) is 12.0 Å². The molecule has 8 nitrogen and oxygen atoms in total. The van der Waals surface area contributed by atoms with E-state index >= 15 is 0 Å². The van der Waals surface area contributed by atoms with E-state index in [1.54, 1.807) is 46.0 Å². The molecule has 0 saturated carbocycles. The molecule has 0 spiro atoms. The molecule has 2 saturated heterocycles. The van der Waals surface area contributed by atoms with Crippen LogP contribution in [-0.4, -0.2) is 98.0 Å². The van der Waals surface area contributed by atoms with E-state index in [2.05, 4.69) is 0 Å². The molecule has 0 radical (unpaired) electrons. The summed E-state index contributed by atoms with van der Waals surface area (Å²) in [5, 5.41) is 0.858. The number of likely N-dealkylation sites (tertiary alicyclic amines) is 1. The molecule has 2 aliphatic heterocycles. The maximum Gasteiger partial charge on any atom is 0.320 e. The van der Waals surface area contributed by atoms with E-state index < -0.39 is 10.0 Å². The molecule has 0 N–H and O–H groups in total. The summed E-state index contributed by atoms with van der Waals surface area (Å²) in [5.41, 5.74) is 1.47. The first-order chi connectivity index (χ1) is 16.6. The van der Waals surface area contributed by atoms with Gasteiger partial charge in [-0.25, -0.2) is 13.2 Å². The minimum Gasteiger partial charge on any atom is -0.336 e. The second-order valence-corrected chi connectivity index (χ2v) is 11.8. The number of amides is 3. The van der Waals surface area contributed by atoms with Crippen molar-refractivity contribution < 1.29 is 18.0 Å². The Morgan fingerprint density at radius 3 is 2.17 bits per heavy atom. The summed E-state index contributed by atoms with van der Waals surface area (Å²) in [6, 6.07) is 14.0. The second kappa shape index (κ2) is 10.3. The first kappa shape index (κ1) is 25.8. The van der Waals surface area contributed by atoms with Crippen molar-refractivity contribution in [3.63, 3.8) is 0 Å². The fraction of sp³-hybridized carbons (Fsp3) is 0.417. The quantitative estimate of drug-likeness (QED) is 0.598. The normalized spacial score (nSPS) is 21.3. The molecule has 11 heteroatoms. The Morgan fingerprint density at radius 1 is 0.914 bits per heavy atom. The van der Waals surface area contributed by atoms with Crippen molar-refractivity contribution in [1.29, 1.82) is 0 Å². The fourth-order valence-corrected chi connectivity index (χ4v) is 5.88. The lowest BCUT2D eigenvalue weighted by molar-refractivity contribution is 0.0723. The minimum atomic E-state index is -3.29. The van der Waals surface area contributed by atoms with Crippen LogP contribution in [0.5, 0.6) is 0 Å². The molecule has 0 unspecified atom stereocenters. The first-order valence-electron chi connectivity index (χ1n) is 11.3. The van der Waals surface area contributed by atoms with E-state index in [1.807, 2.05) is 24.3 Å². The number of carbonyl (C=O) groups is 2. The van der Waals surface area contributed by atoms with Crippen LogP contribution in [0.1, 0.15) is 21.8 Å². The highest BCUT2D eigenvalue weighted by atomic mass is 35.5. The third-order valence-corrected chi connectivity index (χ3v) is 8.79. The van der Waals surface area contributed by atoms with Crippen LogP contribution in [-0.2, 0) is 10.0 Å². The van der Waals surface area contributed by atoms with Crippen molar-refractivity contribution in [2.24, 2.45) is 0 Å². The molecule has 2 heterocycles. The maximum absolute atomic E-state index is 13.4. The zero-order valence-corrected chi connectivity index (χ0v) is 21.9. The lowest BCUT2D eigenvalue weighted by Crippen LogP contribution is -2.53. The molecule has 4 rings (SSSR count). The van der Waals surface area contributed by atoms with Crippen molar-refractivity contribution in [3.8, 4) is 0 Å². The highest BCUT2D eigenvalue weighted by Crippen LogP contribution is 2.35. The number of carbonyl (C=O) groups excluding carboxylic acids is 2. The first-order valence-corrected chi connectivity index (χ1v) is 13.9. The molecular formula is C24H28Cl2N4O4S. The number of benzene rings is 2. The van der Waals surface area contributed by atoms with E-state index in [9.17, 15) is 18.0 Å². The van der Waals surface area contributed by atoms with Crippen LogP contribution in [0.15, 0.2) is 48.5 Å². The van der Waals surface area contributed by atoms with E-state index in [-0.39, 0.29) is 37.0 Å². The number of urea groups is 1. The number of hydrogen-bond acceptors (Lipinski definition) is 4. The van der Waals surface area contributed by atoms with Gasteiger partial charge in [0.05, 0.1) is 22.3 Å². The Labute approximate surface area is 216 Å². The van der Waals surface area contributed by atoms with E-state index in [0.29, 0.717) is 41.8 Å². The Kier molecular flexibility index (Phi) is 7.61. The molecule has 2 aliphatic rings. The van der Waals surface area contributed by atoms with Crippen molar-refractivity contribution in [2.75, 3.05) is 52.6 Å². The summed E-state index contributed by atoms with van der Waals surface area (Å²) in [6.07, 6.45) is 1.18. The largest absolute Gasteiger partial charge is 0.336 e. The molecular weight excluding hydrogens is 511 g/mol. The number of sulfonamides is 1. The van der Waals surface area contributed by atoms with Crippen LogP contribution < -0.4 is 0 Å². The standard InChI is InChI=1S/C24H28Cl2N4O4S/c1-27(23(31)17-6-4-3-5-7-17)22-16-29(15-19(22)18-8-9-20(25)21(26)14-18)24(32)28-10-12-30(13-11-28)35(2,33)34/h3-9,14,19,22H,10-13,15-16H2,1-2H3/t19-,22+/m0/s1. The highest BCUT2D eigenvalue weighted by Gasteiger charge is 2.42. The summed E-state index contributed by atoms with van der Waals surface area (Å²) >= 11 is 12.4. The van der Waals surface area contributed by atoms with E-state index in [4.69, 9.17) is 23.2 Å². The topological polar surface area (TPSA) is 81.2 Å². The van der Waals surface area contributed by atoms with Gasteiger partial charge in [-0.2, -0.15) is 4.31 Å². The molecule has 2 aromatic carbocycles. The van der Waals surface area contributed by atoms with Gasteiger partial charge in [-0.05, 0) is 29.8 Å². The monoisotopic (exact) mass is 538 g/mol. The summed E-state index contributed by atoms with van der Waals surface area (Å²) in [6.45, 7) is 1.94. The predicted octanol–water partition coefficient (Wildman–Crippen LogP) is 3.23. The molecule has 2 atom stereocenters. The highest BCUT2D eigenvalue weighted by molar-refractivity contribution is 7.88. The van der Waals surface area contributed by atoms with Crippen LogP contribution in [0.3, 0.4) is 0 Å². The van der Waals surface area contributed by atoms with Gasteiger partial charge in [0.25, 0.3) is 5.91 Å². The number of piperazine rings is 1. The molecule has 2 fully saturated rings. The van der Waals surface area contributed by atoms with Crippen molar-refractivity contribution in [1.82, 2.24) is 19.0 Å².